The molecule has 3 atom stereocenters. The third-order valence-corrected chi connectivity index (χ3v) is 4.58. The molecule has 4 nitrogen and oxygen atoms in total. The van der Waals surface area contributed by atoms with Gasteiger partial charge in [-0.3, -0.25) is 9.78 Å². The molecule has 1 aliphatic carbocycles. The largest absolute Gasteiger partial charge is 0.392 e. The van der Waals surface area contributed by atoms with Crippen molar-refractivity contribution in [3.8, 4) is 11.1 Å². The lowest BCUT2D eigenvalue weighted by Crippen LogP contribution is -2.36. The maximum atomic E-state index is 12.2. The van der Waals surface area contributed by atoms with Crippen molar-refractivity contribution in [1.29, 1.82) is 0 Å². The Balaban J connectivity index is 1.66. The predicted molar refractivity (Wildman–Crippen MR) is 89.6 cm³/mol. The summed E-state index contributed by atoms with van der Waals surface area (Å²) in [5, 5.41) is 12.9. The molecule has 0 spiro atoms. The molecule has 0 saturated heterocycles. The molecule has 0 aliphatic heterocycles. The van der Waals surface area contributed by atoms with Gasteiger partial charge in [0.15, 0.2) is 0 Å². The smallest absolute Gasteiger partial charge is 0.226 e. The highest BCUT2D eigenvalue weighted by atomic mass is 16.3. The first-order valence-corrected chi connectivity index (χ1v) is 8.14. The Morgan fingerprint density at radius 1 is 1.22 bits per heavy atom. The van der Waals surface area contributed by atoms with Crippen LogP contribution in [-0.4, -0.2) is 22.1 Å². The van der Waals surface area contributed by atoms with Gasteiger partial charge in [-0.25, -0.2) is 0 Å². The number of carbonyl (C=O) groups is 1. The van der Waals surface area contributed by atoms with Crippen LogP contribution in [0.15, 0.2) is 48.8 Å². The van der Waals surface area contributed by atoms with E-state index in [9.17, 15) is 9.90 Å². The first-order chi connectivity index (χ1) is 11.1. The Hall–Kier alpha value is -2.20. The van der Waals surface area contributed by atoms with Crippen molar-refractivity contribution in [2.45, 2.75) is 38.3 Å². The molecule has 1 aromatic heterocycles. The van der Waals surface area contributed by atoms with Crippen LogP contribution in [0.25, 0.3) is 11.1 Å². The Morgan fingerprint density at radius 2 is 2.00 bits per heavy atom. The number of hydrogen-bond donors (Lipinski definition) is 2. The predicted octanol–water partition coefficient (Wildman–Crippen LogP) is 3.09. The van der Waals surface area contributed by atoms with Gasteiger partial charge in [0, 0.05) is 12.4 Å². The molecule has 0 radical (unpaired) electrons. The van der Waals surface area contributed by atoms with E-state index in [0.29, 0.717) is 0 Å². The average Bonchev–Trinajstić information content (AvgIpc) is 3.02. The first-order valence-electron chi connectivity index (χ1n) is 8.14. The fraction of sp³-hybridized carbons (Fsp3) is 0.368. The zero-order valence-electron chi connectivity index (χ0n) is 13.3. The number of hydrogen-bond acceptors (Lipinski definition) is 3. The highest BCUT2D eigenvalue weighted by Crippen LogP contribution is 2.27. The van der Waals surface area contributed by atoms with Gasteiger partial charge in [-0.05, 0) is 48.9 Å². The van der Waals surface area contributed by atoms with Crippen LogP contribution >= 0.6 is 0 Å². The van der Waals surface area contributed by atoms with Gasteiger partial charge >= 0.3 is 0 Å². The minimum absolute atomic E-state index is 0.0427. The number of aliphatic hydroxyl groups excluding tert-OH is 1. The molecule has 3 rings (SSSR count). The lowest BCUT2D eigenvalue weighted by atomic mass is 10.0. The van der Waals surface area contributed by atoms with E-state index in [2.05, 4.69) is 10.3 Å². The van der Waals surface area contributed by atoms with Crippen molar-refractivity contribution in [3.05, 3.63) is 54.4 Å². The van der Waals surface area contributed by atoms with Crippen LogP contribution < -0.4 is 5.32 Å². The van der Waals surface area contributed by atoms with Crippen LogP contribution in [0.1, 0.15) is 37.8 Å². The fourth-order valence-electron chi connectivity index (χ4n) is 3.15. The van der Waals surface area contributed by atoms with Crippen LogP contribution in [0.2, 0.25) is 0 Å². The standard InChI is InChI=1S/C19H22N2O2/c1-13(21-19(23)17-5-2-6-18(17)22)14-7-9-15(10-8-14)16-4-3-11-20-12-16/h3-4,7-13,17-18,22H,2,5-6H2,1H3,(H,21,23). The third-order valence-electron chi connectivity index (χ3n) is 4.58. The average molecular weight is 310 g/mol. The zero-order chi connectivity index (χ0) is 16.2. The van der Waals surface area contributed by atoms with Crippen LogP contribution in [-0.2, 0) is 4.79 Å². The van der Waals surface area contributed by atoms with Crippen molar-refractivity contribution in [2.24, 2.45) is 5.92 Å². The summed E-state index contributed by atoms with van der Waals surface area (Å²) in [6, 6.07) is 12.0. The van der Waals surface area contributed by atoms with Gasteiger partial charge in [-0.15, -0.1) is 0 Å². The van der Waals surface area contributed by atoms with Crippen molar-refractivity contribution in [2.75, 3.05) is 0 Å². The minimum atomic E-state index is -0.491. The van der Waals surface area contributed by atoms with Gasteiger partial charge in [0.1, 0.15) is 0 Å². The summed E-state index contributed by atoms with van der Waals surface area (Å²) < 4.78 is 0. The number of rotatable bonds is 4. The van der Waals surface area contributed by atoms with Crippen molar-refractivity contribution >= 4 is 5.91 Å². The fourth-order valence-corrected chi connectivity index (χ4v) is 3.15. The van der Waals surface area contributed by atoms with Crippen LogP contribution in [0, 0.1) is 5.92 Å². The molecule has 1 heterocycles. The zero-order valence-corrected chi connectivity index (χ0v) is 13.3. The molecule has 1 aromatic carbocycles. The number of nitrogens with one attached hydrogen (secondary N) is 1. The maximum Gasteiger partial charge on any atom is 0.226 e. The molecule has 23 heavy (non-hydrogen) atoms. The number of amides is 1. The molecule has 2 aromatic rings. The second-order valence-electron chi connectivity index (χ2n) is 6.20. The summed E-state index contributed by atoms with van der Waals surface area (Å²) in [6.07, 6.45) is 5.53. The Labute approximate surface area is 136 Å². The molecular weight excluding hydrogens is 288 g/mol. The first kappa shape index (κ1) is 15.7. The lowest BCUT2D eigenvalue weighted by molar-refractivity contribution is -0.128. The molecule has 0 bridgehead atoms. The highest BCUT2D eigenvalue weighted by molar-refractivity contribution is 5.80. The Kier molecular flexibility index (Phi) is 4.72. The van der Waals surface area contributed by atoms with E-state index in [1.165, 1.54) is 0 Å². The Morgan fingerprint density at radius 3 is 2.61 bits per heavy atom. The summed E-state index contributed by atoms with van der Waals surface area (Å²) in [6.45, 7) is 1.97. The highest BCUT2D eigenvalue weighted by Gasteiger charge is 2.31. The van der Waals surface area contributed by atoms with E-state index >= 15 is 0 Å². The lowest BCUT2D eigenvalue weighted by Gasteiger charge is -2.19. The van der Waals surface area contributed by atoms with Gasteiger partial charge in [0.05, 0.1) is 18.1 Å². The normalized spacial score (nSPS) is 21.8. The Bertz CT molecular complexity index is 655. The van der Waals surface area contributed by atoms with Crippen molar-refractivity contribution in [3.63, 3.8) is 0 Å². The van der Waals surface area contributed by atoms with Gasteiger partial charge < -0.3 is 10.4 Å². The van der Waals surface area contributed by atoms with E-state index in [-0.39, 0.29) is 17.9 Å². The summed E-state index contributed by atoms with van der Waals surface area (Å²) in [4.78, 5) is 16.4. The van der Waals surface area contributed by atoms with Crippen molar-refractivity contribution in [1.82, 2.24) is 10.3 Å². The number of benzene rings is 1. The minimum Gasteiger partial charge on any atom is -0.392 e. The second-order valence-corrected chi connectivity index (χ2v) is 6.20. The SMILES string of the molecule is CC(NC(=O)C1CCCC1O)c1ccc(-c2cccnc2)cc1. The van der Waals surface area contributed by atoms with Crippen molar-refractivity contribution < 1.29 is 9.90 Å². The third kappa shape index (κ3) is 3.59. The van der Waals surface area contributed by atoms with Gasteiger partial charge in [0.25, 0.3) is 0 Å². The van der Waals surface area contributed by atoms with Gasteiger partial charge in [-0.2, -0.15) is 0 Å². The number of aromatic nitrogens is 1. The molecule has 3 unspecified atom stereocenters. The molecule has 1 saturated carbocycles. The van der Waals surface area contributed by atoms with E-state index < -0.39 is 6.10 Å². The summed E-state index contributed by atoms with van der Waals surface area (Å²) in [7, 11) is 0. The van der Waals surface area contributed by atoms with Crippen LogP contribution in [0.5, 0.6) is 0 Å². The van der Waals surface area contributed by atoms with Gasteiger partial charge in [0.2, 0.25) is 5.91 Å². The maximum absolute atomic E-state index is 12.2. The van der Waals surface area contributed by atoms with E-state index in [4.69, 9.17) is 0 Å². The molecule has 1 aliphatic rings. The number of pyridine rings is 1. The summed E-state index contributed by atoms with van der Waals surface area (Å²) >= 11 is 0. The molecule has 1 amide bonds. The number of nitrogens with zero attached hydrogens (tertiary/aromatic N) is 1. The topological polar surface area (TPSA) is 62.2 Å². The van der Waals surface area contributed by atoms with E-state index in [1.807, 2.05) is 49.5 Å². The molecule has 1 fully saturated rings. The van der Waals surface area contributed by atoms with Gasteiger partial charge in [-0.1, -0.05) is 30.3 Å². The quantitative estimate of drug-likeness (QED) is 0.912. The molecule has 120 valence electrons. The van der Waals surface area contributed by atoms with Crippen LogP contribution in [0.4, 0.5) is 0 Å². The summed E-state index contributed by atoms with van der Waals surface area (Å²) in [5.74, 6) is -0.300. The van der Waals surface area contributed by atoms with E-state index in [0.717, 1.165) is 36.0 Å². The van der Waals surface area contributed by atoms with Crippen LogP contribution in [0.3, 0.4) is 0 Å². The molecular formula is C19H22N2O2. The second kappa shape index (κ2) is 6.92. The molecule has 2 N–H and O–H groups in total. The number of aliphatic hydroxyl groups is 1. The van der Waals surface area contributed by atoms with E-state index in [1.54, 1.807) is 6.20 Å². The monoisotopic (exact) mass is 310 g/mol. The summed E-state index contributed by atoms with van der Waals surface area (Å²) in [5.41, 5.74) is 3.23. The molecule has 4 heteroatoms. The number of carbonyl (C=O) groups excluding carboxylic acids is 1.